The smallest absolute Gasteiger partial charge is 0.240 e. The van der Waals surface area contributed by atoms with Crippen LogP contribution in [0.4, 0.5) is 0 Å². The Hall–Kier alpha value is -1.08. The molecule has 0 aliphatic carbocycles. The number of carbonyl (C=O) groups is 1. The first-order valence-corrected chi connectivity index (χ1v) is 4.68. The van der Waals surface area contributed by atoms with Crippen molar-refractivity contribution in [2.24, 2.45) is 0 Å². The monoisotopic (exact) mass is 181 g/mol. The van der Waals surface area contributed by atoms with Gasteiger partial charge in [0.2, 0.25) is 5.91 Å². The lowest BCUT2D eigenvalue weighted by Gasteiger charge is -2.31. The molecule has 1 N–H and O–H groups in total. The molecule has 1 heterocycles. The molecule has 0 aromatic carbocycles. The molecule has 4 nitrogen and oxygen atoms in total. The summed E-state index contributed by atoms with van der Waals surface area (Å²) in [5.74, 6) is 0.0784. The van der Waals surface area contributed by atoms with Crippen LogP contribution in [0.2, 0.25) is 0 Å². The Labute approximate surface area is 78.5 Å². The van der Waals surface area contributed by atoms with Crippen LogP contribution < -0.4 is 5.32 Å². The molecular formula is C9H15N3O. The highest BCUT2D eigenvalue weighted by Gasteiger charge is 2.26. The molecule has 0 aromatic rings. The molecule has 0 saturated carbocycles. The Morgan fingerprint density at radius 2 is 2.54 bits per heavy atom. The van der Waals surface area contributed by atoms with Gasteiger partial charge in [0, 0.05) is 19.6 Å². The van der Waals surface area contributed by atoms with Crippen LogP contribution in [0.5, 0.6) is 0 Å². The van der Waals surface area contributed by atoms with Gasteiger partial charge < -0.3 is 10.2 Å². The molecule has 1 aliphatic rings. The van der Waals surface area contributed by atoms with Crippen LogP contribution in [0.25, 0.3) is 0 Å². The number of nitrogens with zero attached hydrogens (tertiary/aromatic N) is 2. The maximum Gasteiger partial charge on any atom is 0.240 e. The highest BCUT2D eigenvalue weighted by atomic mass is 16.2. The second-order valence-corrected chi connectivity index (χ2v) is 3.19. The average molecular weight is 181 g/mol. The third kappa shape index (κ3) is 2.43. The Balaban J connectivity index is 2.51. The SMILES string of the molecule is CCCN1CCNC(CC#N)C1=O. The van der Waals surface area contributed by atoms with Gasteiger partial charge in [-0.25, -0.2) is 0 Å². The molecular weight excluding hydrogens is 166 g/mol. The van der Waals surface area contributed by atoms with Crippen LogP contribution in [0.1, 0.15) is 19.8 Å². The van der Waals surface area contributed by atoms with Crippen molar-refractivity contribution >= 4 is 5.91 Å². The van der Waals surface area contributed by atoms with Crippen molar-refractivity contribution in [2.75, 3.05) is 19.6 Å². The summed E-state index contributed by atoms with van der Waals surface area (Å²) in [6.45, 7) is 4.43. The Bertz CT molecular complexity index is 219. The number of hydrogen-bond acceptors (Lipinski definition) is 3. The third-order valence-electron chi connectivity index (χ3n) is 2.17. The second kappa shape index (κ2) is 4.83. The van der Waals surface area contributed by atoms with Crippen LogP contribution in [0.15, 0.2) is 0 Å². The highest BCUT2D eigenvalue weighted by Crippen LogP contribution is 2.04. The van der Waals surface area contributed by atoms with E-state index in [0.717, 1.165) is 26.1 Å². The zero-order valence-corrected chi connectivity index (χ0v) is 7.92. The molecule has 1 amide bonds. The molecule has 1 fully saturated rings. The Kier molecular flexibility index (Phi) is 3.71. The number of carbonyl (C=O) groups excluding carboxylic acids is 1. The molecule has 0 radical (unpaired) electrons. The third-order valence-corrected chi connectivity index (χ3v) is 2.17. The first kappa shape index (κ1) is 10.0. The number of hydrogen-bond donors (Lipinski definition) is 1. The Morgan fingerprint density at radius 3 is 3.15 bits per heavy atom. The van der Waals surface area contributed by atoms with E-state index in [0.29, 0.717) is 0 Å². The van der Waals surface area contributed by atoms with Crippen LogP contribution in [-0.4, -0.2) is 36.5 Å². The number of piperazine rings is 1. The van der Waals surface area contributed by atoms with Crippen LogP contribution in [0, 0.1) is 11.3 Å². The van der Waals surface area contributed by atoms with Crippen molar-refractivity contribution in [1.82, 2.24) is 10.2 Å². The van der Waals surface area contributed by atoms with E-state index >= 15 is 0 Å². The summed E-state index contributed by atoms with van der Waals surface area (Å²) in [5.41, 5.74) is 0. The zero-order chi connectivity index (χ0) is 9.68. The van der Waals surface area contributed by atoms with Crippen LogP contribution >= 0.6 is 0 Å². The number of nitrogens with one attached hydrogen (secondary N) is 1. The molecule has 1 rings (SSSR count). The standard InChI is InChI=1S/C9H15N3O/c1-2-6-12-7-5-11-8(3-4-10)9(12)13/h8,11H,2-3,5-7H2,1H3. The lowest BCUT2D eigenvalue weighted by Crippen LogP contribution is -2.54. The topological polar surface area (TPSA) is 56.1 Å². The maximum atomic E-state index is 11.6. The maximum absolute atomic E-state index is 11.6. The van der Waals surface area contributed by atoms with E-state index < -0.39 is 0 Å². The van der Waals surface area contributed by atoms with Crippen molar-refractivity contribution in [3.63, 3.8) is 0 Å². The summed E-state index contributed by atoms with van der Waals surface area (Å²) in [6.07, 6.45) is 1.25. The summed E-state index contributed by atoms with van der Waals surface area (Å²) in [6, 6.07) is 1.75. The number of nitriles is 1. The average Bonchev–Trinajstić information content (AvgIpc) is 2.13. The van der Waals surface area contributed by atoms with Gasteiger partial charge in [-0.1, -0.05) is 6.92 Å². The molecule has 0 bridgehead atoms. The molecule has 72 valence electrons. The van der Waals surface area contributed by atoms with Gasteiger partial charge in [0.25, 0.3) is 0 Å². The van der Waals surface area contributed by atoms with Gasteiger partial charge in [0.05, 0.1) is 12.5 Å². The summed E-state index contributed by atoms with van der Waals surface area (Å²) in [7, 11) is 0. The second-order valence-electron chi connectivity index (χ2n) is 3.19. The molecule has 1 unspecified atom stereocenters. The molecule has 1 atom stereocenters. The Morgan fingerprint density at radius 1 is 1.77 bits per heavy atom. The molecule has 4 heteroatoms. The lowest BCUT2D eigenvalue weighted by atomic mass is 10.1. The normalized spacial score (nSPS) is 22.9. The van der Waals surface area contributed by atoms with Crippen molar-refractivity contribution in [1.29, 1.82) is 5.26 Å². The van der Waals surface area contributed by atoms with Crippen molar-refractivity contribution < 1.29 is 4.79 Å². The largest absolute Gasteiger partial charge is 0.340 e. The van der Waals surface area contributed by atoms with E-state index in [1.807, 2.05) is 11.0 Å². The van der Waals surface area contributed by atoms with Crippen molar-refractivity contribution in [3.05, 3.63) is 0 Å². The highest BCUT2D eigenvalue weighted by molar-refractivity contribution is 5.82. The zero-order valence-electron chi connectivity index (χ0n) is 7.92. The van der Waals surface area contributed by atoms with Gasteiger partial charge in [-0.3, -0.25) is 4.79 Å². The minimum atomic E-state index is -0.273. The fourth-order valence-electron chi connectivity index (χ4n) is 1.53. The fraction of sp³-hybridized carbons (Fsp3) is 0.778. The molecule has 13 heavy (non-hydrogen) atoms. The molecule has 0 aromatic heterocycles. The predicted molar refractivity (Wildman–Crippen MR) is 48.9 cm³/mol. The van der Waals surface area contributed by atoms with Gasteiger partial charge >= 0.3 is 0 Å². The quantitative estimate of drug-likeness (QED) is 0.672. The van der Waals surface area contributed by atoms with Crippen molar-refractivity contribution in [2.45, 2.75) is 25.8 Å². The molecule has 1 saturated heterocycles. The lowest BCUT2D eigenvalue weighted by molar-refractivity contribution is -0.135. The van der Waals surface area contributed by atoms with E-state index in [1.165, 1.54) is 0 Å². The van der Waals surface area contributed by atoms with Crippen LogP contribution in [0.3, 0.4) is 0 Å². The number of amides is 1. The van der Waals surface area contributed by atoms with E-state index in [4.69, 9.17) is 5.26 Å². The van der Waals surface area contributed by atoms with E-state index in [2.05, 4.69) is 12.2 Å². The molecule has 1 aliphatic heterocycles. The van der Waals surface area contributed by atoms with E-state index in [1.54, 1.807) is 0 Å². The van der Waals surface area contributed by atoms with Gasteiger partial charge in [-0.15, -0.1) is 0 Å². The van der Waals surface area contributed by atoms with E-state index in [9.17, 15) is 4.79 Å². The summed E-state index contributed by atoms with van der Waals surface area (Å²) in [5, 5.41) is 11.5. The predicted octanol–water partition coefficient (Wildman–Crippen LogP) is 0.110. The van der Waals surface area contributed by atoms with Gasteiger partial charge in [0.15, 0.2) is 0 Å². The van der Waals surface area contributed by atoms with Gasteiger partial charge in [-0.2, -0.15) is 5.26 Å². The summed E-state index contributed by atoms with van der Waals surface area (Å²) in [4.78, 5) is 13.4. The first-order chi connectivity index (χ1) is 6.29. The minimum Gasteiger partial charge on any atom is -0.340 e. The van der Waals surface area contributed by atoms with Gasteiger partial charge in [0.1, 0.15) is 6.04 Å². The fourth-order valence-corrected chi connectivity index (χ4v) is 1.53. The van der Waals surface area contributed by atoms with Crippen molar-refractivity contribution in [3.8, 4) is 6.07 Å². The summed E-state index contributed by atoms with van der Waals surface area (Å²) < 4.78 is 0. The first-order valence-electron chi connectivity index (χ1n) is 4.68. The molecule has 0 spiro atoms. The van der Waals surface area contributed by atoms with Crippen LogP contribution in [-0.2, 0) is 4.79 Å². The van der Waals surface area contributed by atoms with Gasteiger partial charge in [-0.05, 0) is 6.42 Å². The number of rotatable bonds is 3. The minimum absolute atomic E-state index is 0.0784. The van der Waals surface area contributed by atoms with E-state index in [-0.39, 0.29) is 18.4 Å². The summed E-state index contributed by atoms with van der Waals surface area (Å²) >= 11 is 0.